The van der Waals surface area contributed by atoms with Crippen molar-refractivity contribution in [1.82, 2.24) is 10.2 Å². The first-order valence-corrected chi connectivity index (χ1v) is 10.0. The fourth-order valence-corrected chi connectivity index (χ4v) is 5.43. The third kappa shape index (κ3) is 3.93. The maximum Gasteiger partial charge on any atom is 0.234 e. The minimum Gasteiger partial charge on any atom is -0.348 e. The predicted molar refractivity (Wildman–Crippen MR) is 90.0 cm³/mol. The smallest absolute Gasteiger partial charge is 0.234 e. The van der Waals surface area contributed by atoms with Crippen LogP contribution < -0.4 is 5.32 Å². The number of nitrogens with zero attached hydrogens (tertiary/aromatic N) is 1. The molecule has 5 nitrogen and oxygen atoms in total. The molecule has 0 aromatic heterocycles. The Hall–Kier alpha value is -1.40. The van der Waals surface area contributed by atoms with Gasteiger partial charge < -0.3 is 5.32 Å². The van der Waals surface area contributed by atoms with E-state index >= 15 is 0 Å². The van der Waals surface area contributed by atoms with Crippen molar-refractivity contribution in [3.63, 3.8) is 0 Å². The van der Waals surface area contributed by atoms with Crippen molar-refractivity contribution in [3.8, 4) is 0 Å². The second-order valence-corrected chi connectivity index (χ2v) is 8.91. The Morgan fingerprint density at radius 2 is 2.09 bits per heavy atom. The quantitative estimate of drug-likeness (QED) is 0.900. The lowest BCUT2D eigenvalue weighted by molar-refractivity contribution is -0.123. The number of nitrogens with one attached hydrogen (secondary N) is 1. The molecule has 2 atom stereocenters. The molecule has 0 spiro atoms. The van der Waals surface area contributed by atoms with Gasteiger partial charge in [-0.05, 0) is 43.9 Å². The van der Waals surface area contributed by atoms with Gasteiger partial charge in [0.2, 0.25) is 5.91 Å². The van der Waals surface area contributed by atoms with Crippen molar-refractivity contribution >= 4 is 15.7 Å². The Morgan fingerprint density at radius 1 is 1.30 bits per heavy atom. The molecule has 0 bridgehead atoms. The van der Waals surface area contributed by atoms with E-state index in [2.05, 4.69) is 17.4 Å². The lowest BCUT2D eigenvalue weighted by atomic mass is 9.88. The van der Waals surface area contributed by atoms with Crippen molar-refractivity contribution in [1.29, 1.82) is 0 Å². The molecule has 1 aliphatic heterocycles. The average Bonchev–Trinajstić information content (AvgIpc) is 2.88. The van der Waals surface area contributed by atoms with Crippen LogP contribution in [0.1, 0.15) is 36.4 Å². The molecule has 2 aliphatic rings. The lowest BCUT2D eigenvalue weighted by Crippen LogP contribution is -2.42. The molecule has 1 aliphatic carbocycles. The van der Waals surface area contributed by atoms with Crippen LogP contribution >= 0.6 is 0 Å². The summed E-state index contributed by atoms with van der Waals surface area (Å²) < 4.78 is 23.1. The van der Waals surface area contributed by atoms with Crippen LogP contribution in [-0.4, -0.2) is 50.4 Å². The Bertz CT molecular complexity index is 687. The highest BCUT2D eigenvalue weighted by molar-refractivity contribution is 7.91. The summed E-state index contributed by atoms with van der Waals surface area (Å²) in [7, 11) is -1.08. The van der Waals surface area contributed by atoms with Gasteiger partial charge in [0.1, 0.15) is 0 Å². The minimum atomic E-state index is -2.92. The van der Waals surface area contributed by atoms with Gasteiger partial charge in [0.25, 0.3) is 0 Å². The number of hydrogen-bond acceptors (Lipinski definition) is 4. The molecule has 23 heavy (non-hydrogen) atoms. The Balaban J connectivity index is 1.58. The van der Waals surface area contributed by atoms with Crippen LogP contribution in [0.25, 0.3) is 0 Å². The van der Waals surface area contributed by atoms with Gasteiger partial charge in [-0.3, -0.25) is 9.69 Å². The zero-order valence-corrected chi connectivity index (χ0v) is 14.3. The van der Waals surface area contributed by atoms with Crippen LogP contribution in [0.4, 0.5) is 0 Å². The molecule has 0 radical (unpaired) electrons. The summed E-state index contributed by atoms with van der Waals surface area (Å²) in [5.74, 6) is 0.376. The van der Waals surface area contributed by atoms with Crippen LogP contribution in [0.15, 0.2) is 24.3 Å². The van der Waals surface area contributed by atoms with Gasteiger partial charge in [-0.2, -0.15) is 0 Å². The van der Waals surface area contributed by atoms with Gasteiger partial charge in [-0.15, -0.1) is 0 Å². The highest BCUT2D eigenvalue weighted by atomic mass is 32.2. The molecule has 3 rings (SSSR count). The van der Waals surface area contributed by atoms with Crippen LogP contribution in [0.2, 0.25) is 0 Å². The topological polar surface area (TPSA) is 66.5 Å². The van der Waals surface area contributed by atoms with Crippen molar-refractivity contribution in [2.75, 3.05) is 25.1 Å². The summed E-state index contributed by atoms with van der Waals surface area (Å²) in [4.78, 5) is 14.2. The number of carbonyl (C=O) groups is 1. The van der Waals surface area contributed by atoms with Crippen LogP contribution in [0, 0.1) is 0 Å². The van der Waals surface area contributed by atoms with E-state index in [9.17, 15) is 13.2 Å². The predicted octanol–water partition coefficient (Wildman–Crippen LogP) is 1.30. The summed E-state index contributed by atoms with van der Waals surface area (Å²) in [6.45, 7) is 0.249. The van der Waals surface area contributed by atoms with Crippen LogP contribution in [0.5, 0.6) is 0 Å². The monoisotopic (exact) mass is 336 g/mol. The SMILES string of the molecule is CN(CC(=O)NC1CCCc2ccccc21)C1CCS(=O)(=O)C1. The molecule has 1 saturated heterocycles. The van der Waals surface area contributed by atoms with Crippen molar-refractivity contribution in [2.24, 2.45) is 0 Å². The molecular formula is C17H24N2O3S. The van der Waals surface area contributed by atoms with Gasteiger partial charge >= 0.3 is 0 Å². The summed E-state index contributed by atoms with van der Waals surface area (Å²) >= 11 is 0. The number of benzene rings is 1. The molecule has 1 N–H and O–H groups in total. The van der Waals surface area contributed by atoms with Crippen molar-refractivity contribution < 1.29 is 13.2 Å². The maximum absolute atomic E-state index is 12.3. The number of aryl methyl sites for hydroxylation is 1. The van der Waals surface area contributed by atoms with Crippen LogP contribution in [0.3, 0.4) is 0 Å². The standard InChI is InChI=1S/C17H24N2O3S/c1-19(14-9-10-23(21,22)12-14)11-17(20)18-16-8-4-6-13-5-2-3-7-15(13)16/h2-3,5,7,14,16H,4,6,8-12H2,1H3,(H,18,20). The van der Waals surface area contributed by atoms with Gasteiger partial charge in [0.05, 0.1) is 24.1 Å². The molecule has 1 heterocycles. The van der Waals surface area contributed by atoms with Gasteiger partial charge in [0.15, 0.2) is 9.84 Å². The minimum absolute atomic E-state index is 0.0292. The number of sulfone groups is 1. The highest BCUT2D eigenvalue weighted by Crippen LogP contribution is 2.29. The summed E-state index contributed by atoms with van der Waals surface area (Å²) in [6.07, 6.45) is 3.74. The van der Waals surface area contributed by atoms with E-state index in [1.54, 1.807) is 0 Å². The summed E-state index contributed by atoms with van der Waals surface area (Å²) in [5.41, 5.74) is 2.54. The van der Waals surface area contributed by atoms with E-state index in [4.69, 9.17) is 0 Å². The molecule has 2 unspecified atom stereocenters. The fourth-order valence-electron chi connectivity index (χ4n) is 3.62. The molecule has 1 aromatic carbocycles. The number of rotatable bonds is 4. The molecule has 1 amide bonds. The summed E-state index contributed by atoms with van der Waals surface area (Å²) in [5, 5.41) is 3.12. The average molecular weight is 336 g/mol. The van der Waals surface area contributed by atoms with E-state index in [0.717, 1.165) is 19.3 Å². The van der Waals surface area contributed by atoms with Crippen LogP contribution in [-0.2, 0) is 21.1 Å². The Morgan fingerprint density at radius 3 is 2.83 bits per heavy atom. The maximum atomic E-state index is 12.3. The normalized spacial score (nSPS) is 26.0. The Kier molecular flexibility index (Phi) is 4.73. The third-order valence-corrected chi connectivity index (χ3v) is 6.68. The van der Waals surface area contributed by atoms with E-state index < -0.39 is 9.84 Å². The van der Waals surface area contributed by atoms with E-state index in [1.165, 1.54) is 11.1 Å². The van der Waals surface area contributed by atoms with E-state index in [-0.39, 0.29) is 36.0 Å². The highest BCUT2D eigenvalue weighted by Gasteiger charge is 2.31. The molecule has 0 saturated carbocycles. The van der Waals surface area contributed by atoms with Gasteiger partial charge in [0, 0.05) is 6.04 Å². The fraction of sp³-hybridized carbons (Fsp3) is 0.588. The number of amides is 1. The lowest BCUT2D eigenvalue weighted by Gasteiger charge is -2.28. The van der Waals surface area contributed by atoms with E-state index in [0.29, 0.717) is 6.42 Å². The Labute approximate surface area is 138 Å². The largest absolute Gasteiger partial charge is 0.348 e. The van der Waals surface area contributed by atoms with E-state index in [1.807, 2.05) is 24.1 Å². The van der Waals surface area contributed by atoms with Gasteiger partial charge in [-0.25, -0.2) is 8.42 Å². The molecule has 6 heteroatoms. The number of hydrogen-bond donors (Lipinski definition) is 1. The van der Waals surface area contributed by atoms with Gasteiger partial charge in [-0.1, -0.05) is 24.3 Å². The number of carbonyl (C=O) groups excluding carboxylic acids is 1. The first kappa shape index (κ1) is 16.5. The molecule has 1 fully saturated rings. The summed E-state index contributed by atoms with van der Waals surface area (Å²) in [6, 6.07) is 8.31. The van der Waals surface area contributed by atoms with Crippen molar-refractivity contribution in [2.45, 2.75) is 37.8 Å². The van der Waals surface area contributed by atoms with Crippen molar-refractivity contribution in [3.05, 3.63) is 35.4 Å². The molecule has 126 valence electrons. The third-order valence-electron chi connectivity index (χ3n) is 4.93. The zero-order chi connectivity index (χ0) is 16.4. The molecule has 1 aromatic rings. The second-order valence-electron chi connectivity index (χ2n) is 6.68. The molecular weight excluding hydrogens is 312 g/mol. The zero-order valence-electron chi connectivity index (χ0n) is 13.5. The number of likely N-dealkylation sites (N-methyl/N-ethyl adjacent to an activating group) is 1. The first-order valence-electron chi connectivity index (χ1n) is 8.22. The second kappa shape index (κ2) is 6.61. The number of fused-ring (bicyclic) bond motifs is 1. The first-order chi connectivity index (χ1) is 10.9.